The number of hydrogen-bond acceptors (Lipinski definition) is 3. The molecule has 0 unspecified atom stereocenters. The molecule has 0 atom stereocenters. The molecular weight excluding hydrogens is 372 g/mol. The van der Waals surface area contributed by atoms with Gasteiger partial charge in [-0.25, -0.2) is 0 Å². The average molecular weight is 399 g/mol. The number of amides is 1. The fourth-order valence-electron chi connectivity index (χ4n) is 3.01. The van der Waals surface area contributed by atoms with Gasteiger partial charge in [0.15, 0.2) is 0 Å². The van der Waals surface area contributed by atoms with E-state index in [0.717, 1.165) is 59.5 Å². The Morgan fingerprint density at radius 2 is 2.14 bits per heavy atom. The highest BCUT2D eigenvalue weighted by Crippen LogP contribution is 2.31. The first-order valence-electron chi connectivity index (χ1n) is 9.78. The Labute approximate surface area is 171 Å². The maximum atomic E-state index is 12.3. The Balaban J connectivity index is 2.01. The van der Waals surface area contributed by atoms with Crippen molar-refractivity contribution in [3.63, 3.8) is 0 Å². The first-order valence-corrected chi connectivity index (χ1v) is 10.2. The van der Waals surface area contributed by atoms with Gasteiger partial charge in [0.25, 0.3) is 0 Å². The first-order chi connectivity index (χ1) is 13.5. The van der Waals surface area contributed by atoms with Crippen LogP contribution in [0.2, 0.25) is 0 Å². The standard InChI is InChI=1S/C22H27ClN4O/c1-5-14(3)20(26-22(28)15-7-8-15)11-17-9-16(10-19(23)21(17)24-4)18-12-25-27(6-2)13-18/h9-13,15H,5-8H2,1-4H3,(H,26,28)/b17-11-,20-14-,24-21+. The second-order valence-electron chi connectivity index (χ2n) is 7.16. The molecule has 6 heteroatoms. The summed E-state index contributed by atoms with van der Waals surface area (Å²) in [6.07, 6.45) is 12.6. The molecule has 3 rings (SSSR count). The van der Waals surface area contributed by atoms with Crippen molar-refractivity contribution in [2.75, 3.05) is 7.05 Å². The zero-order valence-electron chi connectivity index (χ0n) is 16.9. The second kappa shape index (κ2) is 8.74. The zero-order valence-corrected chi connectivity index (χ0v) is 17.7. The molecule has 148 valence electrons. The van der Waals surface area contributed by atoms with E-state index in [4.69, 9.17) is 11.6 Å². The van der Waals surface area contributed by atoms with E-state index >= 15 is 0 Å². The molecule has 1 saturated carbocycles. The maximum Gasteiger partial charge on any atom is 0.227 e. The predicted molar refractivity (Wildman–Crippen MR) is 115 cm³/mol. The number of carbonyl (C=O) groups is 1. The fourth-order valence-corrected chi connectivity index (χ4v) is 3.32. The number of carbonyl (C=O) groups excluding carboxylic acids is 1. The van der Waals surface area contributed by atoms with Crippen molar-refractivity contribution < 1.29 is 4.79 Å². The minimum Gasteiger partial charge on any atom is -0.326 e. The summed E-state index contributed by atoms with van der Waals surface area (Å²) in [7, 11) is 1.73. The minimum absolute atomic E-state index is 0.0977. The summed E-state index contributed by atoms with van der Waals surface area (Å²) in [5, 5.41) is 8.04. The number of rotatable bonds is 6. The van der Waals surface area contributed by atoms with E-state index in [-0.39, 0.29) is 11.8 Å². The molecule has 0 saturated heterocycles. The summed E-state index contributed by atoms with van der Waals surface area (Å²) in [6.45, 7) is 6.98. The number of aliphatic imine (C=N–C) groups is 1. The van der Waals surface area contributed by atoms with Crippen LogP contribution in [0, 0.1) is 5.92 Å². The molecular formula is C22H27ClN4O. The molecule has 0 bridgehead atoms. The summed E-state index contributed by atoms with van der Waals surface area (Å²) in [5.74, 6) is 0.249. The number of allylic oxidation sites excluding steroid dienone is 7. The van der Waals surface area contributed by atoms with Gasteiger partial charge in [0.05, 0.1) is 16.9 Å². The van der Waals surface area contributed by atoms with Crippen molar-refractivity contribution in [3.05, 3.63) is 58.1 Å². The third-order valence-electron chi connectivity index (χ3n) is 5.10. The van der Waals surface area contributed by atoms with Crippen LogP contribution in [-0.2, 0) is 11.3 Å². The third-order valence-corrected chi connectivity index (χ3v) is 5.39. The number of aromatic nitrogens is 2. The summed E-state index contributed by atoms with van der Waals surface area (Å²) in [4.78, 5) is 16.7. The van der Waals surface area contributed by atoms with E-state index in [9.17, 15) is 4.79 Å². The van der Waals surface area contributed by atoms with Gasteiger partial charge in [0.2, 0.25) is 5.91 Å². The van der Waals surface area contributed by atoms with Crippen molar-refractivity contribution in [3.8, 4) is 0 Å². The SMILES string of the molecule is CC/C(C)=C(/C=C1/C=C(c2cnn(CC)c2)C=C(Cl)/C1=N/C)NC(=O)C1CC1. The van der Waals surface area contributed by atoms with Crippen LogP contribution in [-0.4, -0.2) is 28.4 Å². The van der Waals surface area contributed by atoms with Gasteiger partial charge < -0.3 is 5.32 Å². The van der Waals surface area contributed by atoms with Crippen molar-refractivity contribution in [1.82, 2.24) is 15.1 Å². The zero-order chi connectivity index (χ0) is 20.3. The van der Waals surface area contributed by atoms with Crippen LogP contribution in [0.25, 0.3) is 5.57 Å². The molecule has 5 nitrogen and oxygen atoms in total. The molecule has 2 aliphatic carbocycles. The highest BCUT2D eigenvalue weighted by atomic mass is 35.5. The lowest BCUT2D eigenvalue weighted by Gasteiger charge is -2.17. The van der Waals surface area contributed by atoms with Gasteiger partial charge in [-0.2, -0.15) is 5.10 Å². The second-order valence-corrected chi connectivity index (χ2v) is 7.57. The van der Waals surface area contributed by atoms with E-state index in [1.54, 1.807) is 7.05 Å². The Morgan fingerprint density at radius 3 is 2.71 bits per heavy atom. The molecule has 1 amide bonds. The first kappa shape index (κ1) is 20.3. The van der Waals surface area contributed by atoms with E-state index in [1.807, 2.05) is 36.2 Å². The molecule has 1 aromatic rings. The summed E-state index contributed by atoms with van der Waals surface area (Å²) < 4.78 is 1.88. The lowest BCUT2D eigenvalue weighted by molar-refractivity contribution is -0.121. The highest BCUT2D eigenvalue weighted by Gasteiger charge is 2.30. The van der Waals surface area contributed by atoms with Crippen molar-refractivity contribution >= 4 is 28.8 Å². The molecule has 1 aromatic heterocycles. The van der Waals surface area contributed by atoms with Gasteiger partial charge >= 0.3 is 0 Å². The Bertz CT molecular complexity index is 926. The van der Waals surface area contributed by atoms with Crippen LogP contribution >= 0.6 is 11.6 Å². The number of nitrogens with one attached hydrogen (secondary N) is 1. The van der Waals surface area contributed by atoms with E-state index in [2.05, 4.69) is 35.3 Å². The predicted octanol–water partition coefficient (Wildman–Crippen LogP) is 4.63. The normalized spacial score (nSPS) is 20.8. The van der Waals surface area contributed by atoms with E-state index in [1.165, 1.54) is 0 Å². The number of nitrogens with zero attached hydrogens (tertiary/aromatic N) is 3. The van der Waals surface area contributed by atoms with Crippen LogP contribution < -0.4 is 5.32 Å². The lowest BCUT2D eigenvalue weighted by Crippen LogP contribution is -2.25. The molecule has 1 heterocycles. The molecule has 28 heavy (non-hydrogen) atoms. The summed E-state index contributed by atoms with van der Waals surface area (Å²) in [5.41, 5.74) is 5.54. The summed E-state index contributed by atoms with van der Waals surface area (Å²) in [6, 6.07) is 0. The quantitative estimate of drug-likeness (QED) is 0.759. The van der Waals surface area contributed by atoms with Gasteiger partial charge in [-0.1, -0.05) is 18.5 Å². The fraction of sp³-hybridized carbons (Fsp3) is 0.409. The monoisotopic (exact) mass is 398 g/mol. The van der Waals surface area contributed by atoms with Crippen molar-refractivity contribution in [2.24, 2.45) is 10.9 Å². The number of hydrogen-bond donors (Lipinski definition) is 1. The average Bonchev–Trinajstić information content (AvgIpc) is 3.43. The smallest absolute Gasteiger partial charge is 0.227 e. The van der Waals surface area contributed by atoms with Gasteiger partial charge in [-0.05, 0) is 62.5 Å². The van der Waals surface area contributed by atoms with E-state index in [0.29, 0.717) is 5.03 Å². The molecule has 0 aliphatic heterocycles. The largest absolute Gasteiger partial charge is 0.326 e. The highest BCUT2D eigenvalue weighted by molar-refractivity contribution is 6.48. The maximum absolute atomic E-state index is 12.3. The molecule has 0 spiro atoms. The van der Waals surface area contributed by atoms with Crippen molar-refractivity contribution in [1.29, 1.82) is 0 Å². The van der Waals surface area contributed by atoms with Crippen molar-refractivity contribution in [2.45, 2.75) is 46.6 Å². The Kier molecular flexibility index (Phi) is 6.35. The number of aryl methyl sites for hydroxylation is 1. The molecule has 1 fully saturated rings. The number of halogens is 1. The van der Waals surface area contributed by atoms with Gasteiger partial charge in [0, 0.05) is 42.5 Å². The van der Waals surface area contributed by atoms with Gasteiger partial charge in [-0.15, -0.1) is 0 Å². The minimum atomic E-state index is 0.0977. The lowest BCUT2D eigenvalue weighted by atomic mass is 9.95. The Morgan fingerprint density at radius 1 is 1.39 bits per heavy atom. The van der Waals surface area contributed by atoms with Crippen LogP contribution in [0.1, 0.15) is 45.6 Å². The van der Waals surface area contributed by atoms with Crippen LogP contribution in [0.15, 0.2) is 57.5 Å². The topological polar surface area (TPSA) is 59.3 Å². The van der Waals surface area contributed by atoms with Crippen LogP contribution in [0.4, 0.5) is 0 Å². The van der Waals surface area contributed by atoms with Gasteiger partial charge in [0.1, 0.15) is 0 Å². The molecule has 0 aromatic carbocycles. The summed E-state index contributed by atoms with van der Waals surface area (Å²) >= 11 is 6.54. The van der Waals surface area contributed by atoms with E-state index < -0.39 is 0 Å². The Hall–Kier alpha value is -2.40. The molecule has 1 N–H and O–H groups in total. The van der Waals surface area contributed by atoms with Crippen LogP contribution in [0.5, 0.6) is 0 Å². The molecule has 2 aliphatic rings. The molecule has 0 radical (unpaired) electrons. The van der Waals surface area contributed by atoms with Crippen LogP contribution in [0.3, 0.4) is 0 Å². The van der Waals surface area contributed by atoms with Gasteiger partial charge in [-0.3, -0.25) is 14.5 Å². The third kappa shape index (κ3) is 4.53.